The minimum Gasteiger partial charge on any atom is -0.444 e. The molecular weight excluding hydrogens is 232 g/mol. The topological polar surface area (TPSA) is 61.8 Å². The summed E-state index contributed by atoms with van der Waals surface area (Å²) in [7, 11) is 0. The lowest BCUT2D eigenvalue weighted by Crippen LogP contribution is -2.66. The van der Waals surface area contributed by atoms with Crippen LogP contribution in [0.2, 0.25) is 0 Å². The number of likely N-dealkylation sites (tertiary alicyclic amines) is 1. The van der Waals surface area contributed by atoms with Gasteiger partial charge in [-0.05, 0) is 33.6 Å². The maximum Gasteiger partial charge on any atom is 0.410 e. The van der Waals surface area contributed by atoms with E-state index in [1.807, 2.05) is 20.8 Å². The second-order valence-electron chi connectivity index (χ2n) is 6.47. The summed E-state index contributed by atoms with van der Waals surface area (Å²) in [5.41, 5.74) is -1.08. The van der Waals surface area contributed by atoms with E-state index in [0.717, 1.165) is 19.4 Å². The van der Waals surface area contributed by atoms with Crippen LogP contribution < -0.4 is 5.32 Å². The molecule has 2 aliphatic heterocycles. The van der Waals surface area contributed by atoms with Gasteiger partial charge in [0.15, 0.2) is 0 Å². The summed E-state index contributed by atoms with van der Waals surface area (Å²) in [4.78, 5) is 13.7. The molecule has 0 aliphatic carbocycles. The van der Waals surface area contributed by atoms with Gasteiger partial charge in [0.25, 0.3) is 0 Å². The first-order valence-corrected chi connectivity index (χ1v) is 6.71. The first kappa shape index (κ1) is 13.6. The normalized spacial score (nSPS) is 27.6. The van der Waals surface area contributed by atoms with E-state index in [1.165, 1.54) is 0 Å². The molecule has 0 aromatic heterocycles. The minimum atomic E-state index is -0.624. The van der Waals surface area contributed by atoms with Gasteiger partial charge in [0.05, 0.1) is 5.60 Å². The summed E-state index contributed by atoms with van der Waals surface area (Å²) in [6, 6.07) is 0. The van der Waals surface area contributed by atoms with E-state index < -0.39 is 11.2 Å². The van der Waals surface area contributed by atoms with Gasteiger partial charge in [-0.15, -0.1) is 0 Å². The Morgan fingerprint density at radius 1 is 1.44 bits per heavy atom. The van der Waals surface area contributed by atoms with E-state index in [-0.39, 0.29) is 12.0 Å². The Balaban J connectivity index is 1.92. The summed E-state index contributed by atoms with van der Waals surface area (Å²) < 4.78 is 5.38. The summed E-state index contributed by atoms with van der Waals surface area (Å²) in [5, 5.41) is 13.4. The summed E-state index contributed by atoms with van der Waals surface area (Å²) in [5.74, 6) is 0.167. The molecule has 0 bridgehead atoms. The van der Waals surface area contributed by atoms with E-state index in [0.29, 0.717) is 19.6 Å². The number of nitrogens with one attached hydrogen (secondary N) is 1. The number of hydrogen-bond donors (Lipinski definition) is 2. The molecule has 1 unspecified atom stereocenters. The molecule has 5 nitrogen and oxygen atoms in total. The molecule has 2 fully saturated rings. The van der Waals surface area contributed by atoms with Crippen LogP contribution in [0.1, 0.15) is 33.6 Å². The standard InChI is InChI=1S/C13H24N2O3/c1-12(2,3)18-11(16)15-6-4-5-10(7-15)13(17)8-14-9-13/h10,14,17H,4-9H2,1-3H3. The van der Waals surface area contributed by atoms with E-state index in [2.05, 4.69) is 5.32 Å². The molecular formula is C13H24N2O3. The number of amides is 1. The fourth-order valence-corrected chi connectivity index (χ4v) is 2.58. The molecule has 1 amide bonds. The molecule has 2 N–H and O–H groups in total. The van der Waals surface area contributed by atoms with Crippen molar-refractivity contribution in [1.29, 1.82) is 0 Å². The van der Waals surface area contributed by atoms with Crippen LogP contribution in [0.5, 0.6) is 0 Å². The number of carbonyl (C=O) groups is 1. The predicted octanol–water partition coefficient (Wildman–Crippen LogP) is 0.968. The van der Waals surface area contributed by atoms with Gasteiger partial charge in [-0.25, -0.2) is 4.79 Å². The van der Waals surface area contributed by atoms with Crippen molar-refractivity contribution in [1.82, 2.24) is 10.2 Å². The maximum atomic E-state index is 12.0. The molecule has 0 spiro atoms. The SMILES string of the molecule is CC(C)(C)OC(=O)N1CCCC(C2(O)CNC2)C1. The molecule has 2 heterocycles. The van der Waals surface area contributed by atoms with Crippen molar-refractivity contribution < 1.29 is 14.6 Å². The lowest BCUT2D eigenvalue weighted by molar-refractivity contribution is -0.0837. The number of hydrogen-bond acceptors (Lipinski definition) is 4. The Bertz CT molecular complexity index is 321. The predicted molar refractivity (Wildman–Crippen MR) is 68.4 cm³/mol. The zero-order valence-corrected chi connectivity index (χ0v) is 11.5. The largest absolute Gasteiger partial charge is 0.444 e. The number of β-amino-alcohol motifs (C(OH)–C–C–N with tert-alkyl or cyclic N) is 1. The molecule has 0 saturated carbocycles. The van der Waals surface area contributed by atoms with Crippen molar-refractivity contribution in [3.05, 3.63) is 0 Å². The third-order valence-electron chi connectivity index (χ3n) is 3.70. The van der Waals surface area contributed by atoms with Crippen molar-refractivity contribution in [2.75, 3.05) is 26.2 Å². The number of nitrogens with zero attached hydrogens (tertiary/aromatic N) is 1. The molecule has 2 aliphatic rings. The van der Waals surface area contributed by atoms with E-state index in [4.69, 9.17) is 4.74 Å². The number of rotatable bonds is 1. The highest BCUT2D eigenvalue weighted by Gasteiger charge is 2.44. The number of aliphatic hydroxyl groups is 1. The number of piperidine rings is 1. The van der Waals surface area contributed by atoms with Crippen LogP contribution in [0.4, 0.5) is 4.79 Å². The molecule has 0 aromatic carbocycles. The van der Waals surface area contributed by atoms with Crippen LogP contribution in [0.3, 0.4) is 0 Å². The number of carbonyl (C=O) groups excluding carboxylic acids is 1. The highest BCUT2D eigenvalue weighted by molar-refractivity contribution is 5.68. The first-order chi connectivity index (χ1) is 8.30. The average molecular weight is 256 g/mol. The lowest BCUT2D eigenvalue weighted by Gasteiger charge is -2.47. The second kappa shape index (κ2) is 4.70. The smallest absolute Gasteiger partial charge is 0.410 e. The fourth-order valence-electron chi connectivity index (χ4n) is 2.58. The average Bonchev–Trinajstić information content (AvgIpc) is 2.24. The van der Waals surface area contributed by atoms with Crippen molar-refractivity contribution in [2.24, 2.45) is 5.92 Å². The Morgan fingerprint density at radius 2 is 2.11 bits per heavy atom. The highest BCUT2D eigenvalue weighted by Crippen LogP contribution is 2.30. The van der Waals surface area contributed by atoms with Crippen LogP contribution in [0.15, 0.2) is 0 Å². The number of ether oxygens (including phenoxy) is 1. The Labute approximate surface area is 108 Å². The van der Waals surface area contributed by atoms with Gasteiger partial charge < -0.3 is 20.1 Å². The Kier molecular flexibility index (Phi) is 3.56. The third-order valence-corrected chi connectivity index (χ3v) is 3.70. The minimum absolute atomic E-state index is 0.167. The summed E-state index contributed by atoms with van der Waals surface area (Å²) in [6.45, 7) is 8.23. The van der Waals surface area contributed by atoms with Gasteiger partial charge in [0.1, 0.15) is 5.60 Å². The zero-order chi connectivity index (χ0) is 13.4. The van der Waals surface area contributed by atoms with Crippen molar-refractivity contribution in [3.63, 3.8) is 0 Å². The third kappa shape index (κ3) is 2.95. The van der Waals surface area contributed by atoms with Gasteiger partial charge in [0.2, 0.25) is 0 Å². The molecule has 5 heteroatoms. The maximum absolute atomic E-state index is 12.0. The summed E-state index contributed by atoms with van der Waals surface area (Å²) in [6.07, 6.45) is 1.66. The first-order valence-electron chi connectivity index (χ1n) is 6.71. The van der Waals surface area contributed by atoms with Crippen LogP contribution in [-0.4, -0.2) is 53.5 Å². The van der Waals surface area contributed by atoms with Gasteiger partial charge >= 0.3 is 6.09 Å². The fraction of sp³-hybridized carbons (Fsp3) is 0.923. The Morgan fingerprint density at radius 3 is 2.61 bits per heavy atom. The van der Waals surface area contributed by atoms with Crippen LogP contribution in [0.25, 0.3) is 0 Å². The zero-order valence-electron chi connectivity index (χ0n) is 11.5. The van der Waals surface area contributed by atoms with Crippen molar-refractivity contribution in [2.45, 2.75) is 44.8 Å². The molecule has 0 radical (unpaired) electrons. The quantitative estimate of drug-likeness (QED) is 0.734. The van der Waals surface area contributed by atoms with E-state index in [1.54, 1.807) is 4.90 Å². The monoisotopic (exact) mass is 256 g/mol. The molecule has 2 rings (SSSR count). The van der Waals surface area contributed by atoms with Gasteiger partial charge in [-0.2, -0.15) is 0 Å². The Hall–Kier alpha value is -0.810. The molecule has 18 heavy (non-hydrogen) atoms. The van der Waals surface area contributed by atoms with Crippen LogP contribution >= 0.6 is 0 Å². The molecule has 104 valence electrons. The lowest BCUT2D eigenvalue weighted by atomic mass is 9.78. The van der Waals surface area contributed by atoms with Gasteiger partial charge in [-0.1, -0.05) is 0 Å². The molecule has 2 saturated heterocycles. The van der Waals surface area contributed by atoms with Gasteiger partial charge in [-0.3, -0.25) is 0 Å². The highest BCUT2D eigenvalue weighted by atomic mass is 16.6. The van der Waals surface area contributed by atoms with E-state index in [9.17, 15) is 9.90 Å². The molecule has 1 atom stereocenters. The van der Waals surface area contributed by atoms with Crippen LogP contribution in [0, 0.1) is 5.92 Å². The van der Waals surface area contributed by atoms with Crippen molar-refractivity contribution in [3.8, 4) is 0 Å². The van der Waals surface area contributed by atoms with E-state index >= 15 is 0 Å². The van der Waals surface area contributed by atoms with Crippen molar-refractivity contribution >= 4 is 6.09 Å². The van der Waals surface area contributed by atoms with Gasteiger partial charge in [0, 0.05) is 32.1 Å². The summed E-state index contributed by atoms with van der Waals surface area (Å²) >= 11 is 0. The second-order valence-corrected chi connectivity index (χ2v) is 6.47. The molecule has 0 aromatic rings. The van der Waals surface area contributed by atoms with Crippen LogP contribution in [-0.2, 0) is 4.74 Å².